The SMILES string of the molecule is NC(=O)OC12CC3CC(CC(C3)N1)C2. The molecule has 2 atom stereocenters. The van der Waals surface area contributed by atoms with E-state index in [0.717, 1.165) is 24.7 Å². The van der Waals surface area contributed by atoms with Gasteiger partial charge in [-0.15, -0.1) is 0 Å². The van der Waals surface area contributed by atoms with Gasteiger partial charge in [0.1, 0.15) is 0 Å². The topological polar surface area (TPSA) is 64.4 Å². The van der Waals surface area contributed by atoms with Crippen LogP contribution in [0.15, 0.2) is 0 Å². The lowest BCUT2D eigenvalue weighted by Crippen LogP contribution is -2.66. The minimum Gasteiger partial charge on any atom is -0.428 e. The van der Waals surface area contributed by atoms with Gasteiger partial charge in [-0.3, -0.25) is 5.32 Å². The van der Waals surface area contributed by atoms with Gasteiger partial charge >= 0.3 is 6.09 Å². The molecule has 0 radical (unpaired) electrons. The molecule has 2 heterocycles. The average Bonchev–Trinajstić information content (AvgIpc) is 1.96. The maximum Gasteiger partial charge on any atom is 0.406 e. The normalized spacial score (nSPS) is 49.3. The lowest BCUT2D eigenvalue weighted by Gasteiger charge is -2.56. The first-order valence-electron chi connectivity index (χ1n) is 5.41. The van der Waals surface area contributed by atoms with Gasteiger partial charge in [0.05, 0.1) is 0 Å². The summed E-state index contributed by atoms with van der Waals surface area (Å²) in [7, 11) is 0. The van der Waals surface area contributed by atoms with Gasteiger partial charge in [0.2, 0.25) is 0 Å². The quantitative estimate of drug-likeness (QED) is 0.656. The summed E-state index contributed by atoms with van der Waals surface area (Å²) in [6.45, 7) is 0. The van der Waals surface area contributed by atoms with Crippen LogP contribution < -0.4 is 11.1 Å². The molecule has 1 amide bonds. The summed E-state index contributed by atoms with van der Waals surface area (Å²) in [6, 6.07) is 0.556. The van der Waals surface area contributed by atoms with Crippen LogP contribution in [0.4, 0.5) is 4.79 Å². The number of piperidine rings is 2. The average molecular weight is 196 g/mol. The summed E-state index contributed by atoms with van der Waals surface area (Å²) in [5.74, 6) is 1.49. The van der Waals surface area contributed by atoms with Crippen LogP contribution in [0.2, 0.25) is 0 Å². The van der Waals surface area contributed by atoms with Gasteiger partial charge in [-0.05, 0) is 31.1 Å². The molecule has 14 heavy (non-hydrogen) atoms. The Morgan fingerprint density at radius 1 is 1.29 bits per heavy atom. The molecule has 4 fully saturated rings. The third kappa shape index (κ3) is 1.21. The third-order valence-electron chi connectivity index (χ3n) is 3.90. The zero-order valence-corrected chi connectivity index (χ0v) is 8.16. The van der Waals surface area contributed by atoms with Crippen molar-refractivity contribution in [2.24, 2.45) is 17.6 Å². The molecule has 4 nitrogen and oxygen atoms in total. The molecular weight excluding hydrogens is 180 g/mol. The molecule has 0 aromatic rings. The van der Waals surface area contributed by atoms with Crippen LogP contribution in [0.3, 0.4) is 0 Å². The Morgan fingerprint density at radius 2 is 1.93 bits per heavy atom. The van der Waals surface area contributed by atoms with Crippen molar-refractivity contribution in [2.45, 2.75) is 43.9 Å². The molecule has 2 unspecified atom stereocenters. The fraction of sp³-hybridized carbons (Fsp3) is 0.900. The summed E-state index contributed by atoms with van der Waals surface area (Å²) < 4.78 is 5.28. The second-order valence-electron chi connectivity index (χ2n) is 5.10. The largest absolute Gasteiger partial charge is 0.428 e. The highest BCUT2D eigenvalue weighted by atomic mass is 16.6. The van der Waals surface area contributed by atoms with E-state index < -0.39 is 11.8 Å². The van der Waals surface area contributed by atoms with Gasteiger partial charge < -0.3 is 10.5 Å². The molecule has 4 rings (SSSR count). The van der Waals surface area contributed by atoms with Crippen LogP contribution in [0.1, 0.15) is 32.1 Å². The Morgan fingerprint density at radius 3 is 2.43 bits per heavy atom. The van der Waals surface area contributed by atoms with Crippen LogP contribution in [-0.4, -0.2) is 17.9 Å². The second kappa shape index (κ2) is 2.63. The molecule has 0 spiro atoms. The van der Waals surface area contributed by atoms with E-state index in [4.69, 9.17) is 10.5 Å². The van der Waals surface area contributed by atoms with Crippen LogP contribution in [0.25, 0.3) is 0 Å². The molecule has 4 bridgehead atoms. The predicted molar refractivity (Wildman–Crippen MR) is 50.4 cm³/mol. The minimum absolute atomic E-state index is 0.402. The Kier molecular flexibility index (Phi) is 1.60. The lowest BCUT2D eigenvalue weighted by atomic mass is 9.63. The third-order valence-corrected chi connectivity index (χ3v) is 3.90. The van der Waals surface area contributed by atoms with E-state index in [1.165, 1.54) is 19.3 Å². The number of carbonyl (C=O) groups is 1. The molecule has 2 aliphatic heterocycles. The first kappa shape index (κ1) is 8.53. The van der Waals surface area contributed by atoms with Gasteiger partial charge in [0.25, 0.3) is 0 Å². The van der Waals surface area contributed by atoms with Crippen molar-refractivity contribution in [3.05, 3.63) is 0 Å². The summed E-state index contributed by atoms with van der Waals surface area (Å²) in [5, 5.41) is 3.44. The number of hydrogen-bond acceptors (Lipinski definition) is 3. The number of hydrogen-bond donors (Lipinski definition) is 2. The molecule has 0 aromatic carbocycles. The number of amides is 1. The number of carbonyl (C=O) groups excluding carboxylic acids is 1. The van der Waals surface area contributed by atoms with E-state index in [9.17, 15) is 4.79 Å². The van der Waals surface area contributed by atoms with Crippen LogP contribution in [0, 0.1) is 11.8 Å². The van der Waals surface area contributed by atoms with E-state index >= 15 is 0 Å². The Balaban J connectivity index is 1.83. The van der Waals surface area contributed by atoms with Crippen LogP contribution in [0.5, 0.6) is 0 Å². The van der Waals surface area contributed by atoms with Crippen molar-refractivity contribution in [2.75, 3.05) is 0 Å². The first-order chi connectivity index (χ1) is 6.65. The molecule has 2 saturated heterocycles. The van der Waals surface area contributed by atoms with Crippen LogP contribution >= 0.6 is 0 Å². The Hall–Kier alpha value is -0.770. The molecule has 0 aromatic heterocycles. The zero-order chi connectivity index (χ0) is 9.76. The maximum absolute atomic E-state index is 10.8. The van der Waals surface area contributed by atoms with E-state index in [2.05, 4.69) is 5.32 Å². The van der Waals surface area contributed by atoms with Gasteiger partial charge in [-0.2, -0.15) is 0 Å². The van der Waals surface area contributed by atoms with Gasteiger partial charge in [0.15, 0.2) is 5.72 Å². The monoisotopic (exact) mass is 196 g/mol. The molecule has 3 N–H and O–H groups in total. The van der Waals surface area contributed by atoms with Gasteiger partial charge in [-0.25, -0.2) is 4.79 Å². The Bertz CT molecular complexity index is 242. The second-order valence-corrected chi connectivity index (χ2v) is 5.10. The van der Waals surface area contributed by atoms with E-state index in [-0.39, 0.29) is 0 Å². The molecule has 2 saturated carbocycles. The first-order valence-corrected chi connectivity index (χ1v) is 5.41. The van der Waals surface area contributed by atoms with E-state index in [1.54, 1.807) is 0 Å². The van der Waals surface area contributed by atoms with E-state index in [0.29, 0.717) is 6.04 Å². The molecular formula is C10H16N2O2. The minimum atomic E-state index is -0.639. The molecule has 78 valence electrons. The fourth-order valence-corrected chi connectivity index (χ4v) is 3.83. The number of nitrogens with one attached hydrogen (secondary N) is 1. The van der Waals surface area contributed by atoms with E-state index in [1.807, 2.05) is 0 Å². The highest BCUT2D eigenvalue weighted by Crippen LogP contribution is 2.49. The summed E-state index contributed by atoms with van der Waals surface area (Å²) in [5.41, 5.74) is 4.71. The zero-order valence-electron chi connectivity index (χ0n) is 8.16. The van der Waals surface area contributed by atoms with Crippen molar-refractivity contribution in [1.29, 1.82) is 0 Å². The van der Waals surface area contributed by atoms with Crippen molar-refractivity contribution in [3.63, 3.8) is 0 Å². The fourth-order valence-electron chi connectivity index (χ4n) is 3.83. The number of primary amides is 1. The van der Waals surface area contributed by atoms with Gasteiger partial charge in [0, 0.05) is 18.9 Å². The number of nitrogens with two attached hydrogens (primary N) is 1. The van der Waals surface area contributed by atoms with Crippen LogP contribution in [-0.2, 0) is 4.74 Å². The molecule has 4 heteroatoms. The van der Waals surface area contributed by atoms with Crippen molar-refractivity contribution < 1.29 is 9.53 Å². The van der Waals surface area contributed by atoms with Crippen molar-refractivity contribution in [1.82, 2.24) is 5.32 Å². The molecule has 4 aliphatic rings. The summed E-state index contributed by atoms with van der Waals surface area (Å²) in [6.07, 6.45) is 5.11. The lowest BCUT2D eigenvalue weighted by molar-refractivity contribution is -0.134. The predicted octanol–water partition coefficient (Wildman–Crippen LogP) is 0.960. The smallest absolute Gasteiger partial charge is 0.406 e. The number of rotatable bonds is 1. The highest BCUT2D eigenvalue weighted by molar-refractivity contribution is 5.65. The standard InChI is InChI=1S/C10H16N2O2/c11-9(13)14-10-4-6-1-7(5-10)3-8(2-6)12-10/h6-8,12H,1-5H2,(H2,11,13). The Labute approximate surface area is 83.2 Å². The highest BCUT2D eigenvalue weighted by Gasteiger charge is 2.52. The summed E-state index contributed by atoms with van der Waals surface area (Å²) in [4.78, 5) is 10.8. The molecule has 2 aliphatic carbocycles. The summed E-state index contributed by atoms with van der Waals surface area (Å²) >= 11 is 0. The maximum atomic E-state index is 10.8. The van der Waals surface area contributed by atoms with Crippen molar-refractivity contribution in [3.8, 4) is 0 Å². The van der Waals surface area contributed by atoms with Crippen molar-refractivity contribution >= 4 is 6.09 Å². The van der Waals surface area contributed by atoms with Gasteiger partial charge in [-0.1, -0.05) is 0 Å². The number of ether oxygens (including phenoxy) is 1.